The van der Waals surface area contributed by atoms with E-state index in [-0.39, 0.29) is 6.54 Å². The molecule has 0 bridgehead atoms. The first-order valence-electron chi connectivity index (χ1n) is 6.58. The first kappa shape index (κ1) is 14.9. The Labute approximate surface area is 118 Å². The average molecular weight is 281 g/mol. The molecule has 0 fully saturated rings. The van der Waals surface area contributed by atoms with Crippen molar-refractivity contribution in [2.45, 2.75) is 39.3 Å². The van der Waals surface area contributed by atoms with Crippen molar-refractivity contribution in [3.05, 3.63) is 11.3 Å². The molecule has 1 aliphatic rings. The van der Waals surface area contributed by atoms with E-state index in [1.54, 1.807) is 11.9 Å². The SMILES string of the molecule is Cn1nc2c(c1B(O)O)CN(C(=O)OC(C)(C)C)CC2. The minimum atomic E-state index is -1.60. The summed E-state index contributed by atoms with van der Waals surface area (Å²) < 4.78 is 6.79. The molecule has 0 unspecified atom stereocenters. The van der Waals surface area contributed by atoms with Crippen LogP contribution in [0, 0.1) is 0 Å². The van der Waals surface area contributed by atoms with Crippen LogP contribution in [0.25, 0.3) is 0 Å². The van der Waals surface area contributed by atoms with Gasteiger partial charge in [0.2, 0.25) is 0 Å². The molecule has 0 atom stereocenters. The van der Waals surface area contributed by atoms with E-state index < -0.39 is 18.8 Å². The smallest absolute Gasteiger partial charge is 0.444 e. The lowest BCUT2D eigenvalue weighted by molar-refractivity contribution is 0.0224. The van der Waals surface area contributed by atoms with Gasteiger partial charge in [-0.2, -0.15) is 5.10 Å². The van der Waals surface area contributed by atoms with Gasteiger partial charge in [0.15, 0.2) is 0 Å². The maximum Gasteiger partial charge on any atom is 0.508 e. The number of fused-ring (bicyclic) bond motifs is 1. The highest BCUT2D eigenvalue weighted by Crippen LogP contribution is 2.19. The van der Waals surface area contributed by atoms with Crippen LogP contribution in [0.1, 0.15) is 32.0 Å². The average Bonchev–Trinajstić information content (AvgIpc) is 2.61. The van der Waals surface area contributed by atoms with Crippen LogP contribution in [0.15, 0.2) is 0 Å². The third-order valence-corrected chi connectivity index (χ3v) is 3.14. The third-order valence-electron chi connectivity index (χ3n) is 3.14. The number of ether oxygens (including phenoxy) is 1. The molecule has 1 aliphatic heterocycles. The van der Waals surface area contributed by atoms with Gasteiger partial charge in [-0.1, -0.05) is 0 Å². The second-order valence-corrected chi connectivity index (χ2v) is 5.96. The Morgan fingerprint density at radius 2 is 2.05 bits per heavy atom. The quantitative estimate of drug-likeness (QED) is 0.671. The molecular weight excluding hydrogens is 261 g/mol. The summed E-state index contributed by atoms with van der Waals surface area (Å²) in [5, 5.41) is 23.1. The minimum Gasteiger partial charge on any atom is -0.444 e. The van der Waals surface area contributed by atoms with Crippen LogP contribution in [0.2, 0.25) is 0 Å². The largest absolute Gasteiger partial charge is 0.508 e. The lowest BCUT2D eigenvalue weighted by Crippen LogP contribution is -2.44. The fourth-order valence-corrected chi connectivity index (χ4v) is 2.33. The molecule has 0 radical (unpaired) electrons. The van der Waals surface area contributed by atoms with Crippen molar-refractivity contribution in [3.8, 4) is 0 Å². The number of amides is 1. The number of hydrogen-bond acceptors (Lipinski definition) is 5. The van der Waals surface area contributed by atoms with Crippen molar-refractivity contribution >= 4 is 18.8 Å². The van der Waals surface area contributed by atoms with Gasteiger partial charge in [-0.25, -0.2) is 4.79 Å². The van der Waals surface area contributed by atoms with E-state index in [9.17, 15) is 14.8 Å². The lowest BCUT2D eigenvalue weighted by Gasteiger charge is -2.30. The molecule has 0 saturated heterocycles. The van der Waals surface area contributed by atoms with E-state index in [0.717, 1.165) is 5.69 Å². The highest BCUT2D eigenvalue weighted by atomic mass is 16.6. The summed E-state index contributed by atoms with van der Waals surface area (Å²) in [5.74, 6) is 0. The second-order valence-electron chi connectivity index (χ2n) is 5.96. The number of nitrogens with zero attached hydrogens (tertiary/aromatic N) is 3. The maximum atomic E-state index is 12.1. The zero-order valence-electron chi connectivity index (χ0n) is 12.3. The van der Waals surface area contributed by atoms with E-state index in [4.69, 9.17) is 4.74 Å². The van der Waals surface area contributed by atoms with Crippen LogP contribution >= 0.6 is 0 Å². The van der Waals surface area contributed by atoms with Crippen molar-refractivity contribution in [2.75, 3.05) is 6.54 Å². The van der Waals surface area contributed by atoms with Crippen molar-refractivity contribution in [1.82, 2.24) is 14.7 Å². The van der Waals surface area contributed by atoms with Gasteiger partial charge in [0, 0.05) is 25.6 Å². The molecule has 110 valence electrons. The summed E-state index contributed by atoms with van der Waals surface area (Å²) in [5.41, 5.74) is 1.27. The van der Waals surface area contributed by atoms with Crippen LogP contribution in [0.4, 0.5) is 4.79 Å². The monoisotopic (exact) mass is 281 g/mol. The minimum absolute atomic E-state index is 0.283. The molecule has 1 aromatic heterocycles. The summed E-state index contributed by atoms with van der Waals surface area (Å²) in [7, 11) is 0.0556. The van der Waals surface area contributed by atoms with E-state index >= 15 is 0 Å². The highest BCUT2D eigenvalue weighted by molar-refractivity contribution is 6.58. The van der Waals surface area contributed by atoms with Crippen molar-refractivity contribution in [2.24, 2.45) is 7.05 Å². The van der Waals surface area contributed by atoms with Crippen LogP contribution < -0.4 is 5.59 Å². The van der Waals surface area contributed by atoms with Crippen LogP contribution in [0.3, 0.4) is 0 Å². The number of carbonyl (C=O) groups is 1. The third kappa shape index (κ3) is 2.96. The Hall–Kier alpha value is -1.54. The number of hydrogen-bond donors (Lipinski definition) is 2. The first-order valence-corrected chi connectivity index (χ1v) is 6.58. The number of rotatable bonds is 1. The summed E-state index contributed by atoms with van der Waals surface area (Å²) in [6.07, 6.45) is 0.181. The molecule has 2 N–H and O–H groups in total. The topological polar surface area (TPSA) is 87.8 Å². The normalized spacial score (nSPS) is 15.0. The number of aryl methyl sites for hydroxylation is 1. The number of carbonyl (C=O) groups excluding carboxylic acids is 1. The summed E-state index contributed by atoms with van der Waals surface area (Å²) >= 11 is 0. The molecule has 2 heterocycles. The van der Waals surface area contributed by atoms with E-state index in [1.165, 1.54) is 4.68 Å². The zero-order valence-corrected chi connectivity index (χ0v) is 12.3. The van der Waals surface area contributed by atoms with Gasteiger partial charge in [-0.05, 0) is 20.8 Å². The highest BCUT2D eigenvalue weighted by Gasteiger charge is 2.32. The molecule has 0 aliphatic carbocycles. The fourth-order valence-electron chi connectivity index (χ4n) is 2.33. The molecule has 0 aromatic carbocycles. The van der Waals surface area contributed by atoms with Crippen molar-refractivity contribution < 1.29 is 19.6 Å². The molecule has 7 nitrogen and oxygen atoms in total. The summed E-state index contributed by atoms with van der Waals surface area (Å²) in [4.78, 5) is 13.6. The van der Waals surface area contributed by atoms with Gasteiger partial charge in [0.05, 0.1) is 17.8 Å². The first-order chi connectivity index (χ1) is 9.19. The summed E-state index contributed by atoms with van der Waals surface area (Å²) in [6, 6.07) is 0. The van der Waals surface area contributed by atoms with Crippen LogP contribution in [0.5, 0.6) is 0 Å². The van der Waals surface area contributed by atoms with Gasteiger partial charge in [0.1, 0.15) is 5.60 Å². The molecule has 0 saturated carbocycles. The van der Waals surface area contributed by atoms with E-state index in [2.05, 4.69) is 5.10 Å². The Kier molecular flexibility index (Phi) is 3.79. The molecule has 8 heteroatoms. The fraction of sp³-hybridized carbons (Fsp3) is 0.667. The Bertz CT molecular complexity index is 522. The molecule has 0 spiro atoms. The van der Waals surface area contributed by atoms with E-state index in [1.807, 2.05) is 20.8 Å². The van der Waals surface area contributed by atoms with Gasteiger partial charge in [-0.3, -0.25) is 4.68 Å². The summed E-state index contributed by atoms with van der Waals surface area (Å²) in [6.45, 7) is 6.23. The van der Waals surface area contributed by atoms with Gasteiger partial charge in [0.25, 0.3) is 0 Å². The van der Waals surface area contributed by atoms with Crippen molar-refractivity contribution in [1.29, 1.82) is 0 Å². The van der Waals surface area contributed by atoms with Gasteiger partial charge >= 0.3 is 13.2 Å². The molecule has 2 rings (SSSR count). The Morgan fingerprint density at radius 1 is 1.40 bits per heavy atom. The molecule has 1 amide bonds. The standard InChI is InChI=1S/C12H20BN3O4/c1-12(2,3)20-11(17)16-6-5-9-8(7-16)10(13(18)19)15(4)14-9/h18-19H,5-7H2,1-4H3. The zero-order chi connectivity index (χ0) is 15.1. The number of aromatic nitrogens is 2. The Balaban J connectivity index is 2.20. The molecule has 20 heavy (non-hydrogen) atoms. The van der Waals surface area contributed by atoms with Gasteiger partial charge < -0.3 is 19.7 Å². The predicted molar refractivity (Wildman–Crippen MR) is 73.4 cm³/mol. The van der Waals surface area contributed by atoms with Crippen molar-refractivity contribution in [3.63, 3.8) is 0 Å². The second kappa shape index (κ2) is 5.10. The van der Waals surface area contributed by atoms with Crippen LogP contribution in [-0.2, 0) is 24.8 Å². The maximum absolute atomic E-state index is 12.1. The lowest BCUT2D eigenvalue weighted by atomic mass is 9.81. The Morgan fingerprint density at radius 3 is 2.60 bits per heavy atom. The molecular formula is C12H20BN3O4. The molecule has 1 aromatic rings. The predicted octanol–water partition coefficient (Wildman–Crippen LogP) is -0.607. The van der Waals surface area contributed by atoms with E-state index in [0.29, 0.717) is 24.1 Å². The van der Waals surface area contributed by atoms with Crippen LogP contribution in [-0.4, -0.2) is 50.1 Å². The van der Waals surface area contributed by atoms with Gasteiger partial charge in [-0.15, -0.1) is 0 Å².